The van der Waals surface area contributed by atoms with Crippen LogP contribution in [0.15, 0.2) is 0 Å². The molecule has 0 amide bonds. The minimum Gasteiger partial charge on any atom is -0.310 e. The second kappa shape index (κ2) is 7.86. The van der Waals surface area contributed by atoms with Gasteiger partial charge in [-0.3, -0.25) is 4.79 Å². The minimum absolute atomic E-state index is 0.383. The third kappa shape index (κ3) is 5.31. The summed E-state index contributed by atoms with van der Waals surface area (Å²) in [5, 5.41) is 3.27. The summed E-state index contributed by atoms with van der Waals surface area (Å²) in [6.45, 7) is 3.84. The first-order valence-corrected chi connectivity index (χ1v) is 6.58. The minimum atomic E-state index is 0.383. The highest BCUT2D eigenvalue weighted by Crippen LogP contribution is 2.24. The monoisotopic (exact) mass is 211 g/mol. The predicted molar refractivity (Wildman–Crippen MR) is 64.0 cm³/mol. The summed E-state index contributed by atoms with van der Waals surface area (Å²) in [6, 6.07) is 0. The lowest BCUT2D eigenvalue weighted by molar-refractivity contribution is -0.121. The molecule has 1 saturated carbocycles. The van der Waals surface area contributed by atoms with E-state index in [2.05, 4.69) is 12.2 Å². The average molecular weight is 211 g/mol. The molecule has 0 radical (unpaired) electrons. The van der Waals surface area contributed by atoms with Crippen molar-refractivity contribution in [1.82, 2.24) is 5.32 Å². The highest BCUT2D eigenvalue weighted by molar-refractivity contribution is 5.83. The van der Waals surface area contributed by atoms with Crippen molar-refractivity contribution in [3.63, 3.8) is 0 Å². The molecule has 0 spiro atoms. The number of Topliss-reactive ketones (excluding diaryl/α,β-unsaturated/α-hetero) is 1. The van der Waals surface area contributed by atoms with Gasteiger partial charge in [-0.05, 0) is 25.8 Å². The van der Waals surface area contributed by atoms with Crippen LogP contribution in [0, 0.1) is 5.92 Å². The molecule has 0 aromatic rings. The molecule has 0 aromatic carbocycles. The molecule has 1 fully saturated rings. The highest BCUT2D eigenvalue weighted by Gasteiger charge is 2.21. The van der Waals surface area contributed by atoms with Gasteiger partial charge in [-0.2, -0.15) is 0 Å². The number of hydrogen-bond acceptors (Lipinski definition) is 2. The molecule has 88 valence electrons. The second-order valence-electron chi connectivity index (χ2n) is 4.69. The van der Waals surface area contributed by atoms with Gasteiger partial charge in [0.15, 0.2) is 0 Å². The highest BCUT2D eigenvalue weighted by atomic mass is 16.1. The van der Waals surface area contributed by atoms with Crippen LogP contribution in [0.25, 0.3) is 0 Å². The van der Waals surface area contributed by atoms with Crippen molar-refractivity contribution >= 4 is 5.78 Å². The fraction of sp³-hybridized carbons (Fsp3) is 0.923. The lowest BCUT2D eigenvalue weighted by Gasteiger charge is -2.08. The van der Waals surface area contributed by atoms with Gasteiger partial charge in [0, 0.05) is 5.92 Å². The van der Waals surface area contributed by atoms with Gasteiger partial charge in [0.25, 0.3) is 0 Å². The number of unbranched alkanes of at least 4 members (excludes halogenated alkanes) is 3. The molecule has 0 saturated heterocycles. The zero-order valence-corrected chi connectivity index (χ0v) is 10.1. The van der Waals surface area contributed by atoms with Crippen molar-refractivity contribution in [2.75, 3.05) is 13.1 Å². The van der Waals surface area contributed by atoms with E-state index in [9.17, 15) is 4.79 Å². The number of carbonyl (C=O) groups is 1. The van der Waals surface area contributed by atoms with Crippen LogP contribution in [0.4, 0.5) is 0 Å². The van der Waals surface area contributed by atoms with Crippen LogP contribution in [-0.2, 0) is 4.79 Å². The van der Waals surface area contributed by atoms with Gasteiger partial charge in [-0.15, -0.1) is 0 Å². The van der Waals surface area contributed by atoms with Crippen molar-refractivity contribution in [2.24, 2.45) is 5.92 Å². The summed E-state index contributed by atoms with van der Waals surface area (Å²) < 4.78 is 0. The van der Waals surface area contributed by atoms with E-state index in [4.69, 9.17) is 0 Å². The molecule has 15 heavy (non-hydrogen) atoms. The maximum atomic E-state index is 11.7. The Kier molecular flexibility index (Phi) is 6.66. The number of hydrogen-bond donors (Lipinski definition) is 1. The topological polar surface area (TPSA) is 29.1 Å². The maximum Gasteiger partial charge on any atom is 0.149 e. The molecule has 1 aliphatic rings. The van der Waals surface area contributed by atoms with E-state index in [0.29, 0.717) is 18.2 Å². The van der Waals surface area contributed by atoms with Crippen molar-refractivity contribution < 1.29 is 4.79 Å². The van der Waals surface area contributed by atoms with Crippen LogP contribution in [0.3, 0.4) is 0 Å². The van der Waals surface area contributed by atoms with Crippen molar-refractivity contribution in [3.8, 4) is 0 Å². The predicted octanol–water partition coefficient (Wildman–Crippen LogP) is 2.92. The quantitative estimate of drug-likeness (QED) is 0.625. The third-order valence-electron chi connectivity index (χ3n) is 3.32. The fourth-order valence-corrected chi connectivity index (χ4v) is 2.28. The molecule has 0 aliphatic heterocycles. The van der Waals surface area contributed by atoms with Crippen molar-refractivity contribution in [2.45, 2.75) is 58.3 Å². The van der Waals surface area contributed by atoms with E-state index in [1.54, 1.807) is 0 Å². The summed E-state index contributed by atoms with van der Waals surface area (Å²) in [5.74, 6) is 0.830. The van der Waals surface area contributed by atoms with E-state index < -0.39 is 0 Å². The Morgan fingerprint density at radius 3 is 2.60 bits per heavy atom. The Labute approximate surface area is 93.8 Å². The van der Waals surface area contributed by atoms with E-state index in [1.165, 1.54) is 38.5 Å². The molecule has 0 unspecified atom stereocenters. The molecule has 1 N–H and O–H groups in total. The first-order valence-electron chi connectivity index (χ1n) is 6.58. The van der Waals surface area contributed by atoms with E-state index >= 15 is 0 Å². The first-order chi connectivity index (χ1) is 7.34. The SMILES string of the molecule is CCCCCCNCC(=O)C1CCCC1. The summed E-state index contributed by atoms with van der Waals surface area (Å²) in [6.07, 6.45) is 9.89. The normalized spacial score (nSPS) is 17.1. The smallest absolute Gasteiger partial charge is 0.149 e. The maximum absolute atomic E-state index is 11.7. The van der Waals surface area contributed by atoms with Crippen molar-refractivity contribution in [1.29, 1.82) is 0 Å². The summed E-state index contributed by atoms with van der Waals surface area (Å²) >= 11 is 0. The molecule has 1 aliphatic carbocycles. The van der Waals surface area contributed by atoms with Crippen LogP contribution < -0.4 is 5.32 Å². The third-order valence-corrected chi connectivity index (χ3v) is 3.32. The zero-order valence-electron chi connectivity index (χ0n) is 10.1. The van der Waals surface area contributed by atoms with Crippen LogP contribution in [-0.4, -0.2) is 18.9 Å². The van der Waals surface area contributed by atoms with Gasteiger partial charge in [0.1, 0.15) is 5.78 Å². The molecule has 0 aromatic heterocycles. The molecule has 0 heterocycles. The molecule has 2 nitrogen and oxygen atoms in total. The van der Waals surface area contributed by atoms with Gasteiger partial charge < -0.3 is 5.32 Å². The Morgan fingerprint density at radius 2 is 1.93 bits per heavy atom. The van der Waals surface area contributed by atoms with Crippen LogP contribution >= 0.6 is 0 Å². The number of nitrogens with one attached hydrogen (secondary N) is 1. The fourth-order valence-electron chi connectivity index (χ4n) is 2.28. The summed E-state index contributed by atoms with van der Waals surface area (Å²) in [4.78, 5) is 11.7. The average Bonchev–Trinajstić information content (AvgIpc) is 2.76. The van der Waals surface area contributed by atoms with E-state index in [-0.39, 0.29) is 0 Å². The molecular formula is C13H25NO. The lowest BCUT2D eigenvalue weighted by Crippen LogP contribution is -2.28. The molecule has 1 rings (SSSR count). The van der Waals surface area contributed by atoms with Crippen molar-refractivity contribution in [3.05, 3.63) is 0 Å². The van der Waals surface area contributed by atoms with Crippen LogP contribution in [0.5, 0.6) is 0 Å². The molecule has 0 bridgehead atoms. The molecule has 0 atom stereocenters. The van der Waals surface area contributed by atoms with Gasteiger partial charge in [0.05, 0.1) is 6.54 Å². The zero-order chi connectivity index (χ0) is 10.9. The van der Waals surface area contributed by atoms with Crippen LogP contribution in [0.1, 0.15) is 58.3 Å². The van der Waals surface area contributed by atoms with Gasteiger partial charge in [-0.25, -0.2) is 0 Å². The number of carbonyl (C=O) groups excluding carboxylic acids is 1. The largest absolute Gasteiger partial charge is 0.310 e. The van der Waals surface area contributed by atoms with E-state index in [0.717, 1.165) is 19.4 Å². The Morgan fingerprint density at radius 1 is 1.20 bits per heavy atom. The Hall–Kier alpha value is -0.370. The number of ketones is 1. The summed E-state index contributed by atoms with van der Waals surface area (Å²) in [7, 11) is 0. The molecule has 2 heteroatoms. The van der Waals surface area contributed by atoms with E-state index in [1.807, 2.05) is 0 Å². The van der Waals surface area contributed by atoms with Gasteiger partial charge >= 0.3 is 0 Å². The first kappa shape index (κ1) is 12.7. The molecular weight excluding hydrogens is 186 g/mol. The Bertz CT molecular complexity index is 173. The number of rotatable bonds is 8. The summed E-state index contributed by atoms with van der Waals surface area (Å²) in [5.41, 5.74) is 0. The standard InChI is InChI=1S/C13H25NO/c1-2-3-4-7-10-14-11-13(15)12-8-5-6-9-12/h12,14H,2-11H2,1H3. The second-order valence-corrected chi connectivity index (χ2v) is 4.69. The van der Waals surface area contributed by atoms with Gasteiger partial charge in [-0.1, -0.05) is 39.0 Å². The Balaban J connectivity index is 1.92. The van der Waals surface area contributed by atoms with Gasteiger partial charge in [0.2, 0.25) is 0 Å². The lowest BCUT2D eigenvalue weighted by atomic mass is 10.0. The van der Waals surface area contributed by atoms with Crippen LogP contribution in [0.2, 0.25) is 0 Å².